The number of fused-ring (bicyclic) bond motifs is 1. The van der Waals surface area contributed by atoms with Crippen LogP contribution in [-0.4, -0.2) is 58.4 Å². The molecule has 43 heavy (non-hydrogen) atoms. The molecule has 3 heterocycles. The third-order valence-electron chi connectivity index (χ3n) is 6.26. The Labute approximate surface area is 259 Å². The second kappa shape index (κ2) is 16.7. The number of methoxy groups -OCH3 is 1. The lowest BCUT2D eigenvalue weighted by atomic mass is 10.1. The third kappa shape index (κ3) is 9.96. The average Bonchev–Trinajstić information content (AvgIpc) is 3.58. The quantitative estimate of drug-likeness (QED) is 0.0881. The Morgan fingerprint density at radius 1 is 1.30 bits per heavy atom. The van der Waals surface area contributed by atoms with E-state index in [1.807, 2.05) is 23.6 Å². The van der Waals surface area contributed by atoms with E-state index < -0.39 is 20.5 Å². The summed E-state index contributed by atoms with van der Waals surface area (Å²) in [5, 5.41) is 5.05. The summed E-state index contributed by atoms with van der Waals surface area (Å²) >= 11 is 5.97. The number of allylic oxidation sites excluding steroid dienone is 4. The normalized spacial score (nSPS) is 19.4. The van der Waals surface area contributed by atoms with E-state index in [4.69, 9.17) is 36.0 Å². The Kier molecular flexibility index (Phi) is 13.3. The van der Waals surface area contributed by atoms with Crippen LogP contribution in [-0.2, 0) is 18.8 Å². The maximum absolute atomic E-state index is 11.9. The number of nitrogens with zero attached hydrogens (tertiary/aromatic N) is 5. The molecule has 0 amide bonds. The van der Waals surface area contributed by atoms with Crippen molar-refractivity contribution < 1.29 is 23.3 Å². The van der Waals surface area contributed by atoms with Gasteiger partial charge in [-0.25, -0.2) is 25.9 Å². The molecule has 0 bridgehead atoms. The molecule has 2 aromatic heterocycles. The molecule has 4 unspecified atom stereocenters. The minimum Gasteiger partial charge on any atom is -0.468 e. The fourth-order valence-corrected chi connectivity index (χ4v) is 5.50. The molecular formula is C29H41ClN7O5P. The first kappa shape index (κ1) is 34.4. The molecule has 3 N–H and O–H groups in total. The van der Waals surface area contributed by atoms with Crippen LogP contribution in [0.5, 0.6) is 5.75 Å². The first-order chi connectivity index (χ1) is 20.5. The highest BCUT2D eigenvalue weighted by molar-refractivity contribution is 7.45. The van der Waals surface area contributed by atoms with Crippen molar-refractivity contribution in [3.05, 3.63) is 65.7 Å². The van der Waals surface area contributed by atoms with Crippen LogP contribution >= 0.6 is 20.1 Å². The number of rotatable bonds is 11. The molecule has 1 aliphatic heterocycles. The number of hydrogen-bond acceptors (Lipinski definition) is 11. The molecule has 3 aromatic rings. The Morgan fingerprint density at radius 3 is 2.63 bits per heavy atom. The van der Waals surface area contributed by atoms with Gasteiger partial charge in [0.25, 0.3) is 0 Å². The van der Waals surface area contributed by atoms with Crippen LogP contribution in [0, 0.1) is 5.92 Å². The fourth-order valence-electron chi connectivity index (χ4n) is 4.16. The number of carbonyl (C=O) groups is 1. The molecule has 0 radical (unpaired) electrons. The van der Waals surface area contributed by atoms with Gasteiger partial charge in [0.1, 0.15) is 24.3 Å². The zero-order chi connectivity index (χ0) is 31.5. The number of nitrogens with two attached hydrogens (primary N) is 1. The molecule has 0 spiro atoms. The monoisotopic (exact) mass is 633 g/mol. The minimum atomic E-state index is -1.69. The minimum absolute atomic E-state index is 0.162. The van der Waals surface area contributed by atoms with Crippen LogP contribution in [0.1, 0.15) is 47.3 Å². The lowest BCUT2D eigenvalue weighted by Crippen LogP contribution is -2.33. The molecule has 1 aromatic carbocycles. The lowest BCUT2D eigenvalue weighted by molar-refractivity contribution is -0.142. The van der Waals surface area contributed by atoms with Crippen LogP contribution in [0.4, 0.5) is 5.82 Å². The second-order valence-corrected chi connectivity index (χ2v) is 11.9. The van der Waals surface area contributed by atoms with Gasteiger partial charge in [-0.15, -0.1) is 0 Å². The van der Waals surface area contributed by atoms with Gasteiger partial charge in [-0.3, -0.25) is 14.4 Å². The smallest absolute Gasteiger partial charge is 0.323 e. The number of aromatic nitrogens is 4. The van der Waals surface area contributed by atoms with Gasteiger partial charge >= 0.3 is 14.5 Å². The number of anilines is 1. The van der Waals surface area contributed by atoms with Crippen molar-refractivity contribution in [2.75, 3.05) is 25.8 Å². The van der Waals surface area contributed by atoms with Crippen LogP contribution < -0.4 is 20.5 Å². The highest BCUT2D eigenvalue weighted by atomic mass is 35.5. The summed E-state index contributed by atoms with van der Waals surface area (Å²) in [5.74, 6) is 6.70. The number of ether oxygens (including phenoxy) is 2. The molecule has 14 heteroatoms. The first-order valence-electron chi connectivity index (χ1n) is 13.8. The largest absolute Gasteiger partial charge is 0.468 e. The van der Waals surface area contributed by atoms with Crippen LogP contribution in [0.3, 0.4) is 0 Å². The summed E-state index contributed by atoms with van der Waals surface area (Å²) in [6.45, 7) is 10.2. The van der Waals surface area contributed by atoms with E-state index in [0.29, 0.717) is 27.8 Å². The third-order valence-corrected chi connectivity index (χ3v) is 7.87. The lowest BCUT2D eigenvalue weighted by Gasteiger charge is -2.23. The summed E-state index contributed by atoms with van der Waals surface area (Å²) in [4.78, 5) is 25.0. The summed E-state index contributed by atoms with van der Waals surface area (Å²) in [7, 11) is 1.34. The van der Waals surface area contributed by atoms with Crippen LogP contribution in [0.25, 0.3) is 11.2 Å². The molecule has 1 saturated heterocycles. The molecular weight excluding hydrogens is 593 g/mol. The zero-order valence-corrected chi connectivity index (χ0v) is 27.2. The van der Waals surface area contributed by atoms with Gasteiger partial charge in [0.2, 0.25) is 0 Å². The number of carbonyl (C=O) groups excluding carboxylic acids is 1. The van der Waals surface area contributed by atoms with Crippen molar-refractivity contribution in [2.24, 2.45) is 11.8 Å². The van der Waals surface area contributed by atoms with Gasteiger partial charge in [-0.05, 0) is 58.4 Å². The van der Waals surface area contributed by atoms with Gasteiger partial charge < -0.3 is 18.5 Å². The second-order valence-electron chi connectivity index (χ2n) is 10.2. The molecule has 0 aliphatic carbocycles. The highest BCUT2D eigenvalue weighted by Gasteiger charge is 2.36. The summed E-state index contributed by atoms with van der Waals surface area (Å²) in [6.07, 6.45) is 9.52. The number of benzene rings is 1. The molecule has 5 atom stereocenters. The predicted octanol–water partition coefficient (Wildman–Crippen LogP) is 5.72. The van der Waals surface area contributed by atoms with E-state index in [0.717, 1.165) is 6.42 Å². The number of halogens is 1. The fraction of sp³-hybridized carbons (Fsp3) is 0.448. The van der Waals surface area contributed by atoms with Crippen molar-refractivity contribution in [1.82, 2.24) is 24.6 Å². The van der Waals surface area contributed by atoms with E-state index in [2.05, 4.69) is 46.9 Å². The van der Waals surface area contributed by atoms with E-state index >= 15 is 0 Å². The Balaban J connectivity index is 0.000000646. The van der Waals surface area contributed by atoms with Gasteiger partial charge in [-0.2, -0.15) is 0 Å². The number of imidazole rings is 1. The van der Waals surface area contributed by atoms with Crippen molar-refractivity contribution in [2.45, 2.75) is 59.4 Å². The summed E-state index contributed by atoms with van der Waals surface area (Å²) in [5.41, 5.74) is 2.58. The summed E-state index contributed by atoms with van der Waals surface area (Å²) in [6, 6.07) is 6.26. The van der Waals surface area contributed by atoms with Crippen LogP contribution in [0.15, 0.2) is 60.7 Å². The standard InChI is InChI=1S/C22H29ClN7O5P.C7H12/c1-13-9-17(34-21(13)30-12-27-18-19(29(3)24)25-11-26-20(18)30)10-33-36(28-14(2)22(31)32-4)35-16-7-5-15(23)6-8-16;1-4-5-6-7(2)3/h5-8,11-14,17,21,28H,9-10,24H2,1-4H3;4-6H,1-3H3/b;5-4-/t13-,14?,17?,21?,36?;/m0./s1. The Hall–Kier alpha value is -3.12. The molecule has 1 fully saturated rings. The SMILES string of the molecule is C/C=C\C=C(C)C.COC(=O)C(C)NP(OCC1C[C@H](C)C(n2cnc3c(N(C)N)ncnc32)O1)Oc1ccc(Cl)cc1. The maximum atomic E-state index is 11.9. The number of hydrazine groups is 1. The van der Waals surface area contributed by atoms with Gasteiger partial charge in [0, 0.05) is 18.0 Å². The molecule has 4 rings (SSSR count). The number of hydrogen-bond donors (Lipinski definition) is 2. The van der Waals surface area contributed by atoms with Crippen molar-refractivity contribution in [1.29, 1.82) is 0 Å². The molecule has 0 saturated carbocycles. The number of nitrogens with one attached hydrogen (secondary N) is 1. The topological polar surface area (TPSA) is 139 Å². The zero-order valence-electron chi connectivity index (χ0n) is 25.6. The summed E-state index contributed by atoms with van der Waals surface area (Å²) < 4.78 is 25.1. The van der Waals surface area contributed by atoms with Crippen molar-refractivity contribution in [3.8, 4) is 5.75 Å². The maximum Gasteiger partial charge on any atom is 0.323 e. The van der Waals surface area contributed by atoms with E-state index in [1.54, 1.807) is 44.6 Å². The first-order valence-corrected chi connectivity index (χ1v) is 15.4. The highest BCUT2D eigenvalue weighted by Crippen LogP contribution is 2.40. The van der Waals surface area contributed by atoms with Gasteiger partial charge in [0.05, 0.1) is 26.1 Å². The van der Waals surface area contributed by atoms with E-state index in [-0.39, 0.29) is 24.9 Å². The van der Waals surface area contributed by atoms with Gasteiger partial charge in [0.15, 0.2) is 17.0 Å². The molecule has 12 nitrogen and oxygen atoms in total. The van der Waals surface area contributed by atoms with E-state index in [9.17, 15) is 4.79 Å². The van der Waals surface area contributed by atoms with Crippen LogP contribution in [0.2, 0.25) is 5.02 Å². The average molecular weight is 634 g/mol. The predicted molar refractivity (Wildman–Crippen MR) is 169 cm³/mol. The molecule has 234 valence electrons. The number of esters is 1. The van der Waals surface area contributed by atoms with E-state index in [1.165, 1.54) is 24.0 Å². The van der Waals surface area contributed by atoms with Crippen molar-refractivity contribution in [3.63, 3.8) is 0 Å². The Bertz CT molecular complexity index is 1380. The van der Waals surface area contributed by atoms with Crippen molar-refractivity contribution >= 4 is 43.1 Å². The Morgan fingerprint density at radius 2 is 2.02 bits per heavy atom. The molecule has 1 aliphatic rings. The van der Waals surface area contributed by atoms with Gasteiger partial charge in [-0.1, -0.05) is 42.3 Å².